The van der Waals surface area contributed by atoms with Crippen molar-refractivity contribution >= 4 is 5.91 Å². The van der Waals surface area contributed by atoms with Gasteiger partial charge in [0.2, 0.25) is 0 Å². The van der Waals surface area contributed by atoms with Crippen LogP contribution in [0.1, 0.15) is 67.1 Å². The molecule has 1 N–H and O–H groups in total. The number of carbonyl (C=O) groups is 1. The molecular formula is C14H19FN2O2. The van der Waals surface area contributed by atoms with Gasteiger partial charge in [-0.15, -0.1) is 0 Å². The molecule has 0 spiro atoms. The molecule has 0 saturated heterocycles. The summed E-state index contributed by atoms with van der Waals surface area (Å²) in [5.74, 6) is 0.871. The number of rotatable bonds is 4. The van der Waals surface area contributed by atoms with Crippen molar-refractivity contribution < 1.29 is 13.7 Å². The molecule has 2 fully saturated rings. The van der Waals surface area contributed by atoms with E-state index < -0.39 is 5.67 Å². The fraction of sp³-hybridized carbons (Fsp3) is 0.714. The van der Waals surface area contributed by atoms with Crippen LogP contribution in [-0.2, 0) is 0 Å². The molecule has 0 aromatic carbocycles. The Labute approximate surface area is 111 Å². The van der Waals surface area contributed by atoms with Crippen LogP contribution in [0.5, 0.6) is 0 Å². The first-order chi connectivity index (χ1) is 9.16. The Bertz CT molecular complexity index is 462. The predicted molar refractivity (Wildman–Crippen MR) is 67.7 cm³/mol. The van der Waals surface area contributed by atoms with Crippen LogP contribution in [-0.4, -0.2) is 23.3 Å². The van der Waals surface area contributed by atoms with Crippen molar-refractivity contribution in [2.24, 2.45) is 0 Å². The van der Waals surface area contributed by atoms with Crippen LogP contribution in [0.3, 0.4) is 0 Å². The molecule has 1 aromatic rings. The molecule has 1 heterocycles. The van der Waals surface area contributed by atoms with Gasteiger partial charge in [0, 0.05) is 12.0 Å². The molecule has 0 bridgehead atoms. The van der Waals surface area contributed by atoms with Gasteiger partial charge in [-0.2, -0.15) is 0 Å². The number of hydrogen-bond donors (Lipinski definition) is 1. The zero-order valence-electron chi connectivity index (χ0n) is 11.0. The van der Waals surface area contributed by atoms with Crippen molar-refractivity contribution in [3.05, 3.63) is 17.5 Å². The summed E-state index contributed by atoms with van der Waals surface area (Å²) in [5.41, 5.74) is -0.974. The van der Waals surface area contributed by atoms with E-state index in [4.69, 9.17) is 4.52 Å². The van der Waals surface area contributed by atoms with Crippen molar-refractivity contribution in [1.29, 1.82) is 0 Å². The number of aromatic nitrogens is 1. The predicted octanol–water partition coefficient (Wildman–Crippen LogP) is 2.95. The number of nitrogens with one attached hydrogen (secondary N) is 1. The number of amides is 1. The van der Waals surface area contributed by atoms with E-state index in [1.165, 1.54) is 0 Å². The molecule has 104 valence electrons. The summed E-state index contributed by atoms with van der Waals surface area (Å²) in [6.45, 7) is 0.0808. The van der Waals surface area contributed by atoms with E-state index in [9.17, 15) is 9.18 Å². The standard InChI is InChI=1S/C14H19FN2O2/c15-14(6-2-1-3-7-14)9-16-13(18)11-8-12(19-17-11)10-4-5-10/h8,10H,1-7,9H2,(H,16,18). The lowest BCUT2D eigenvalue weighted by molar-refractivity contribution is 0.0806. The average Bonchev–Trinajstić information content (AvgIpc) is 3.15. The number of carbonyl (C=O) groups excluding carboxylic acids is 1. The van der Waals surface area contributed by atoms with Crippen LogP contribution < -0.4 is 5.32 Å². The Kier molecular flexibility index (Phi) is 3.29. The summed E-state index contributed by atoms with van der Waals surface area (Å²) in [6, 6.07) is 1.68. The second-order valence-corrected chi connectivity index (χ2v) is 5.78. The monoisotopic (exact) mass is 266 g/mol. The second kappa shape index (κ2) is 4.94. The molecule has 0 atom stereocenters. The van der Waals surface area contributed by atoms with Gasteiger partial charge in [-0.25, -0.2) is 4.39 Å². The second-order valence-electron chi connectivity index (χ2n) is 5.78. The number of hydrogen-bond acceptors (Lipinski definition) is 3. The topological polar surface area (TPSA) is 55.1 Å². The summed E-state index contributed by atoms with van der Waals surface area (Å²) < 4.78 is 19.5. The van der Waals surface area contributed by atoms with E-state index in [0.29, 0.717) is 18.8 Å². The third kappa shape index (κ3) is 2.96. The van der Waals surface area contributed by atoms with Gasteiger partial charge in [0.25, 0.3) is 5.91 Å². The van der Waals surface area contributed by atoms with Gasteiger partial charge in [0.15, 0.2) is 5.69 Å². The fourth-order valence-electron chi connectivity index (χ4n) is 2.65. The highest BCUT2D eigenvalue weighted by atomic mass is 19.1. The molecule has 19 heavy (non-hydrogen) atoms. The minimum absolute atomic E-state index is 0.0808. The zero-order valence-corrected chi connectivity index (χ0v) is 11.0. The van der Waals surface area contributed by atoms with Crippen LogP contribution in [0.25, 0.3) is 0 Å². The third-order valence-electron chi connectivity index (χ3n) is 4.06. The maximum Gasteiger partial charge on any atom is 0.273 e. The molecule has 2 aliphatic carbocycles. The number of nitrogens with zero attached hydrogens (tertiary/aromatic N) is 1. The Morgan fingerprint density at radius 2 is 2.16 bits per heavy atom. The van der Waals surface area contributed by atoms with Crippen LogP contribution in [0, 0.1) is 0 Å². The van der Waals surface area contributed by atoms with E-state index in [-0.39, 0.29) is 18.1 Å². The van der Waals surface area contributed by atoms with E-state index in [0.717, 1.165) is 37.9 Å². The molecule has 5 heteroatoms. The summed E-state index contributed by atoms with van der Waals surface area (Å²) in [6.07, 6.45) is 6.19. The van der Waals surface area contributed by atoms with Gasteiger partial charge < -0.3 is 9.84 Å². The molecule has 2 saturated carbocycles. The first kappa shape index (κ1) is 12.6. The fourth-order valence-corrected chi connectivity index (χ4v) is 2.65. The molecule has 0 aliphatic heterocycles. The molecule has 0 unspecified atom stereocenters. The van der Waals surface area contributed by atoms with Crippen LogP contribution in [0.15, 0.2) is 10.6 Å². The highest BCUT2D eigenvalue weighted by molar-refractivity contribution is 5.92. The SMILES string of the molecule is O=C(NCC1(F)CCCCC1)c1cc(C2CC2)on1. The Balaban J connectivity index is 1.55. The van der Waals surface area contributed by atoms with Gasteiger partial charge in [0.05, 0.1) is 6.54 Å². The molecule has 0 radical (unpaired) electrons. The van der Waals surface area contributed by atoms with Crippen LogP contribution >= 0.6 is 0 Å². The zero-order chi connectivity index (χ0) is 13.3. The van der Waals surface area contributed by atoms with E-state index in [1.54, 1.807) is 6.07 Å². The maximum atomic E-state index is 14.3. The lowest BCUT2D eigenvalue weighted by Gasteiger charge is -2.29. The van der Waals surface area contributed by atoms with Crippen molar-refractivity contribution in [3.63, 3.8) is 0 Å². The lowest BCUT2D eigenvalue weighted by atomic mass is 9.86. The summed E-state index contributed by atoms with van der Waals surface area (Å²) >= 11 is 0. The first-order valence-corrected chi connectivity index (χ1v) is 7.10. The van der Waals surface area contributed by atoms with Crippen LogP contribution in [0.2, 0.25) is 0 Å². The van der Waals surface area contributed by atoms with Gasteiger partial charge >= 0.3 is 0 Å². The molecule has 3 rings (SSSR count). The van der Waals surface area contributed by atoms with E-state index in [2.05, 4.69) is 10.5 Å². The van der Waals surface area contributed by atoms with Crippen molar-refractivity contribution in [3.8, 4) is 0 Å². The Morgan fingerprint density at radius 3 is 2.84 bits per heavy atom. The third-order valence-corrected chi connectivity index (χ3v) is 4.06. The lowest BCUT2D eigenvalue weighted by Crippen LogP contribution is -2.41. The van der Waals surface area contributed by atoms with Gasteiger partial charge in [-0.1, -0.05) is 24.4 Å². The van der Waals surface area contributed by atoms with Gasteiger partial charge in [-0.3, -0.25) is 4.79 Å². The molecule has 1 aromatic heterocycles. The highest BCUT2D eigenvalue weighted by Gasteiger charge is 2.33. The highest BCUT2D eigenvalue weighted by Crippen LogP contribution is 2.40. The van der Waals surface area contributed by atoms with Gasteiger partial charge in [0.1, 0.15) is 11.4 Å². The maximum absolute atomic E-state index is 14.3. The largest absolute Gasteiger partial charge is 0.360 e. The van der Waals surface area contributed by atoms with Crippen molar-refractivity contribution in [2.75, 3.05) is 6.54 Å². The van der Waals surface area contributed by atoms with Crippen LogP contribution in [0.4, 0.5) is 4.39 Å². The normalized spacial score (nSPS) is 22.2. The van der Waals surface area contributed by atoms with Gasteiger partial charge in [-0.05, 0) is 25.7 Å². The quantitative estimate of drug-likeness (QED) is 0.911. The number of alkyl halides is 1. The summed E-state index contributed by atoms with van der Waals surface area (Å²) in [5, 5.41) is 6.40. The summed E-state index contributed by atoms with van der Waals surface area (Å²) in [7, 11) is 0. The van der Waals surface area contributed by atoms with Crippen molar-refractivity contribution in [2.45, 2.75) is 56.5 Å². The van der Waals surface area contributed by atoms with E-state index in [1.807, 2.05) is 0 Å². The summed E-state index contributed by atoms with van der Waals surface area (Å²) in [4.78, 5) is 11.9. The molecule has 4 nitrogen and oxygen atoms in total. The molecular weight excluding hydrogens is 247 g/mol. The first-order valence-electron chi connectivity index (χ1n) is 7.10. The van der Waals surface area contributed by atoms with E-state index >= 15 is 0 Å². The Hall–Kier alpha value is -1.39. The average molecular weight is 266 g/mol. The molecule has 2 aliphatic rings. The molecule has 1 amide bonds. The minimum atomic E-state index is -1.24. The Morgan fingerprint density at radius 1 is 1.42 bits per heavy atom. The smallest absolute Gasteiger partial charge is 0.273 e. The minimum Gasteiger partial charge on any atom is -0.360 e. The number of halogens is 1. The van der Waals surface area contributed by atoms with Crippen molar-refractivity contribution in [1.82, 2.24) is 10.5 Å².